The first kappa shape index (κ1) is 9.95. The van der Waals surface area contributed by atoms with Crippen molar-refractivity contribution in [3.8, 4) is 6.07 Å². The summed E-state index contributed by atoms with van der Waals surface area (Å²) in [4.78, 5) is 0. The molecule has 78 valence electrons. The Balaban J connectivity index is 2.22. The summed E-state index contributed by atoms with van der Waals surface area (Å²) in [5, 5.41) is 19.7. The van der Waals surface area contributed by atoms with Gasteiger partial charge >= 0.3 is 0 Å². The summed E-state index contributed by atoms with van der Waals surface area (Å²) in [6.07, 6.45) is 5.62. The van der Waals surface area contributed by atoms with Gasteiger partial charge in [0.25, 0.3) is 0 Å². The van der Waals surface area contributed by atoms with E-state index >= 15 is 0 Å². The van der Waals surface area contributed by atoms with Crippen molar-refractivity contribution in [1.29, 1.82) is 5.26 Å². The molecule has 0 aromatic rings. The smallest absolute Gasteiger partial charge is 0.109 e. The third kappa shape index (κ3) is 1.34. The predicted molar refractivity (Wildman–Crippen MR) is 51.5 cm³/mol. The summed E-state index contributed by atoms with van der Waals surface area (Å²) >= 11 is 0. The topological polar surface area (TPSA) is 53.2 Å². The maximum absolute atomic E-state index is 10.4. The molecule has 1 atom stereocenters. The molecule has 2 fully saturated rings. The molecule has 3 heteroatoms. The summed E-state index contributed by atoms with van der Waals surface area (Å²) in [6, 6.07) is 2.37. The minimum Gasteiger partial charge on any atom is -0.386 e. The van der Waals surface area contributed by atoms with Gasteiger partial charge < -0.3 is 9.84 Å². The average Bonchev–Trinajstić information content (AvgIpc) is 2.68. The number of nitriles is 1. The van der Waals surface area contributed by atoms with Gasteiger partial charge in [-0.3, -0.25) is 0 Å². The predicted octanol–water partition coefficient (Wildman–Crippen LogP) is 1.61. The van der Waals surface area contributed by atoms with E-state index in [-0.39, 0.29) is 0 Å². The van der Waals surface area contributed by atoms with E-state index in [9.17, 15) is 10.4 Å². The maximum Gasteiger partial charge on any atom is 0.109 e. The van der Waals surface area contributed by atoms with Crippen LogP contribution in [0.1, 0.15) is 38.5 Å². The molecule has 2 rings (SSSR count). The van der Waals surface area contributed by atoms with E-state index in [0.717, 1.165) is 25.7 Å². The molecule has 1 heterocycles. The lowest BCUT2D eigenvalue weighted by molar-refractivity contribution is -0.0744. The van der Waals surface area contributed by atoms with E-state index in [4.69, 9.17) is 4.74 Å². The number of aliphatic hydroxyl groups is 1. The highest BCUT2D eigenvalue weighted by Gasteiger charge is 2.53. The van der Waals surface area contributed by atoms with E-state index in [0.29, 0.717) is 19.6 Å². The standard InChI is InChI=1S/C11H17NO2/c12-8-10(4-2-1-3-5-10)11(13)6-7-14-9-11/h13H,1-7,9H2. The Labute approximate surface area is 84.7 Å². The number of ether oxygens (including phenoxy) is 1. The van der Waals surface area contributed by atoms with Crippen LogP contribution in [0.5, 0.6) is 0 Å². The zero-order valence-electron chi connectivity index (χ0n) is 8.46. The zero-order chi connectivity index (χ0) is 10.1. The van der Waals surface area contributed by atoms with Crippen molar-refractivity contribution in [1.82, 2.24) is 0 Å². The monoisotopic (exact) mass is 195 g/mol. The van der Waals surface area contributed by atoms with Crippen LogP contribution in [0.25, 0.3) is 0 Å². The lowest BCUT2D eigenvalue weighted by atomic mass is 9.64. The molecular weight excluding hydrogens is 178 g/mol. The molecule has 0 spiro atoms. The highest BCUT2D eigenvalue weighted by Crippen LogP contribution is 2.47. The van der Waals surface area contributed by atoms with E-state index in [1.165, 1.54) is 6.42 Å². The van der Waals surface area contributed by atoms with Crippen molar-refractivity contribution in [2.24, 2.45) is 5.41 Å². The number of hydrogen-bond acceptors (Lipinski definition) is 3. The fourth-order valence-corrected chi connectivity index (χ4v) is 2.77. The second-order valence-electron chi connectivity index (χ2n) is 4.59. The van der Waals surface area contributed by atoms with Crippen molar-refractivity contribution in [2.75, 3.05) is 13.2 Å². The fourth-order valence-electron chi connectivity index (χ4n) is 2.77. The van der Waals surface area contributed by atoms with Gasteiger partial charge in [-0.2, -0.15) is 5.26 Å². The Morgan fingerprint density at radius 1 is 1.14 bits per heavy atom. The van der Waals surface area contributed by atoms with Crippen LogP contribution in [-0.4, -0.2) is 23.9 Å². The van der Waals surface area contributed by atoms with E-state index in [1.54, 1.807) is 0 Å². The minimum absolute atomic E-state index is 0.348. The van der Waals surface area contributed by atoms with Crippen LogP contribution in [0, 0.1) is 16.7 Å². The van der Waals surface area contributed by atoms with Crippen LogP contribution in [0.15, 0.2) is 0 Å². The summed E-state index contributed by atoms with van der Waals surface area (Å²) in [7, 11) is 0. The third-order valence-electron chi connectivity index (χ3n) is 3.81. The number of hydrogen-bond donors (Lipinski definition) is 1. The molecule has 0 radical (unpaired) electrons. The van der Waals surface area contributed by atoms with Gasteiger partial charge in [0, 0.05) is 13.0 Å². The zero-order valence-corrected chi connectivity index (χ0v) is 8.46. The molecule has 0 aromatic carbocycles. The average molecular weight is 195 g/mol. The highest BCUT2D eigenvalue weighted by atomic mass is 16.5. The van der Waals surface area contributed by atoms with Crippen molar-refractivity contribution in [3.63, 3.8) is 0 Å². The summed E-state index contributed by atoms with van der Waals surface area (Å²) in [6.45, 7) is 0.945. The Bertz CT molecular complexity index is 245. The second-order valence-corrected chi connectivity index (χ2v) is 4.59. The van der Waals surface area contributed by atoms with Gasteiger partial charge in [0.05, 0.1) is 18.1 Å². The fraction of sp³-hybridized carbons (Fsp3) is 0.909. The van der Waals surface area contributed by atoms with Crippen molar-refractivity contribution < 1.29 is 9.84 Å². The summed E-state index contributed by atoms with van der Waals surface area (Å²) in [5.41, 5.74) is -1.40. The Kier molecular flexibility index (Phi) is 2.50. The molecule has 1 unspecified atom stereocenters. The lowest BCUT2D eigenvalue weighted by Gasteiger charge is -2.41. The second kappa shape index (κ2) is 3.52. The van der Waals surface area contributed by atoms with Gasteiger partial charge in [-0.1, -0.05) is 19.3 Å². The van der Waals surface area contributed by atoms with Crippen molar-refractivity contribution in [3.05, 3.63) is 0 Å². The van der Waals surface area contributed by atoms with Gasteiger partial charge in [-0.25, -0.2) is 0 Å². The van der Waals surface area contributed by atoms with Crippen LogP contribution in [0.2, 0.25) is 0 Å². The largest absolute Gasteiger partial charge is 0.386 e. The van der Waals surface area contributed by atoms with E-state index < -0.39 is 11.0 Å². The van der Waals surface area contributed by atoms with E-state index in [2.05, 4.69) is 6.07 Å². The summed E-state index contributed by atoms with van der Waals surface area (Å²) < 4.78 is 5.24. The first-order chi connectivity index (χ1) is 6.72. The molecular formula is C11H17NO2. The Morgan fingerprint density at radius 2 is 1.86 bits per heavy atom. The van der Waals surface area contributed by atoms with Crippen LogP contribution in [0.3, 0.4) is 0 Å². The van der Waals surface area contributed by atoms with E-state index in [1.807, 2.05) is 0 Å². The van der Waals surface area contributed by atoms with Gasteiger partial charge in [0.1, 0.15) is 5.60 Å². The molecule has 0 aromatic heterocycles. The Morgan fingerprint density at radius 3 is 2.36 bits per heavy atom. The number of rotatable bonds is 1. The van der Waals surface area contributed by atoms with Gasteiger partial charge in [0.15, 0.2) is 0 Å². The molecule has 0 amide bonds. The van der Waals surface area contributed by atoms with Crippen molar-refractivity contribution >= 4 is 0 Å². The Hall–Kier alpha value is -0.590. The van der Waals surface area contributed by atoms with Crippen LogP contribution in [-0.2, 0) is 4.74 Å². The molecule has 14 heavy (non-hydrogen) atoms. The van der Waals surface area contributed by atoms with Crippen LogP contribution >= 0.6 is 0 Å². The third-order valence-corrected chi connectivity index (χ3v) is 3.81. The normalized spacial score (nSPS) is 36.6. The minimum atomic E-state index is -0.873. The van der Waals surface area contributed by atoms with Crippen LogP contribution < -0.4 is 0 Å². The molecule has 3 nitrogen and oxygen atoms in total. The van der Waals surface area contributed by atoms with Crippen LogP contribution in [0.4, 0.5) is 0 Å². The van der Waals surface area contributed by atoms with Gasteiger partial charge in [-0.05, 0) is 12.8 Å². The highest BCUT2D eigenvalue weighted by molar-refractivity contribution is 5.13. The molecule has 1 N–H and O–H groups in total. The molecule has 1 aliphatic heterocycles. The number of nitrogens with zero attached hydrogens (tertiary/aromatic N) is 1. The lowest BCUT2D eigenvalue weighted by Crippen LogP contribution is -2.49. The maximum atomic E-state index is 10.4. The molecule has 1 saturated carbocycles. The summed E-state index contributed by atoms with van der Waals surface area (Å²) in [5.74, 6) is 0. The van der Waals surface area contributed by atoms with Gasteiger partial charge in [-0.15, -0.1) is 0 Å². The molecule has 2 aliphatic rings. The molecule has 1 saturated heterocycles. The van der Waals surface area contributed by atoms with Crippen molar-refractivity contribution in [2.45, 2.75) is 44.1 Å². The molecule has 1 aliphatic carbocycles. The first-order valence-electron chi connectivity index (χ1n) is 5.44. The quantitative estimate of drug-likeness (QED) is 0.691. The SMILES string of the molecule is N#CC1(C2(O)CCOC2)CCCCC1. The van der Waals surface area contributed by atoms with Gasteiger partial charge in [0.2, 0.25) is 0 Å². The first-order valence-corrected chi connectivity index (χ1v) is 5.44. The molecule has 0 bridgehead atoms.